The molecule has 6 rings (SSSR count). The summed E-state index contributed by atoms with van der Waals surface area (Å²) in [6.45, 7) is 3.94. The number of nitrogens with one attached hydrogen (secondary N) is 5. The molecular formula is C43H41ClF3N5O7. The summed E-state index contributed by atoms with van der Waals surface area (Å²) in [6.07, 6.45) is -5.40. The first-order chi connectivity index (χ1) is 28.1. The van der Waals surface area contributed by atoms with Crippen molar-refractivity contribution in [1.29, 1.82) is 0 Å². The van der Waals surface area contributed by atoms with Crippen LogP contribution in [0.3, 0.4) is 0 Å². The third kappa shape index (κ3) is 12.5. The highest BCUT2D eigenvalue weighted by Gasteiger charge is 2.35. The predicted octanol–water partition coefficient (Wildman–Crippen LogP) is 5.25. The van der Waals surface area contributed by atoms with E-state index >= 15 is 0 Å². The number of aliphatic carboxylic acids is 1. The smallest absolute Gasteiger partial charge is 0.416 e. The van der Waals surface area contributed by atoms with Crippen LogP contribution in [0.4, 0.5) is 18.9 Å². The second-order valence-electron chi connectivity index (χ2n) is 13.9. The third-order valence-electron chi connectivity index (χ3n) is 9.58. The summed E-state index contributed by atoms with van der Waals surface area (Å²) in [4.78, 5) is 81.1. The summed E-state index contributed by atoms with van der Waals surface area (Å²) in [5, 5.41) is 23.3. The van der Waals surface area contributed by atoms with Crippen molar-refractivity contribution in [3.8, 4) is 0 Å². The van der Waals surface area contributed by atoms with Crippen LogP contribution in [0.5, 0.6) is 0 Å². The molecule has 16 heteroatoms. The number of benzene rings is 4. The van der Waals surface area contributed by atoms with Crippen LogP contribution in [0.15, 0.2) is 110 Å². The van der Waals surface area contributed by atoms with E-state index in [0.29, 0.717) is 16.8 Å². The first-order valence-corrected chi connectivity index (χ1v) is 18.9. The molecule has 4 aromatic carbocycles. The van der Waals surface area contributed by atoms with Gasteiger partial charge in [-0.05, 0) is 71.0 Å². The lowest BCUT2D eigenvalue weighted by Gasteiger charge is -2.27. The van der Waals surface area contributed by atoms with Crippen LogP contribution in [-0.4, -0.2) is 64.8 Å². The lowest BCUT2D eigenvalue weighted by atomic mass is 9.96. The maximum atomic E-state index is 14.4. The molecule has 2 aliphatic rings. The van der Waals surface area contributed by atoms with Crippen molar-refractivity contribution in [3.05, 3.63) is 143 Å². The number of rotatable bonds is 8. The van der Waals surface area contributed by atoms with Crippen LogP contribution in [-0.2, 0) is 54.2 Å². The first-order valence-electron chi connectivity index (χ1n) is 18.5. The SMILES string of the molecule is C=C(c1ccc(C(F)(F)F)cc1)[C@@H]1NC(=O)[C@@H](CCc2ccccc2)NC(=O)CCC(=O)Nc2ccc(cc2)C[C@@H](C(=O)O)NC(=O)C(Cc2ccccc2Cl)NC1=O. The predicted molar refractivity (Wildman–Crippen MR) is 214 cm³/mol. The number of carbonyl (C=O) groups excluding carboxylic acids is 5. The lowest BCUT2D eigenvalue weighted by Crippen LogP contribution is -2.58. The summed E-state index contributed by atoms with van der Waals surface area (Å²) in [5.74, 6) is -5.42. The zero-order chi connectivity index (χ0) is 42.7. The highest BCUT2D eigenvalue weighted by molar-refractivity contribution is 6.31. The van der Waals surface area contributed by atoms with Crippen molar-refractivity contribution in [3.63, 3.8) is 0 Å². The molecular weight excluding hydrogens is 791 g/mol. The third-order valence-corrected chi connectivity index (χ3v) is 9.95. The van der Waals surface area contributed by atoms with Gasteiger partial charge in [0.15, 0.2) is 0 Å². The number of anilines is 1. The van der Waals surface area contributed by atoms with Gasteiger partial charge in [0.05, 0.1) is 5.56 Å². The molecule has 0 aromatic heterocycles. The van der Waals surface area contributed by atoms with Gasteiger partial charge in [0, 0.05) is 36.4 Å². The fourth-order valence-electron chi connectivity index (χ4n) is 6.32. The molecule has 0 radical (unpaired) electrons. The van der Waals surface area contributed by atoms with Crippen LogP contribution in [0.2, 0.25) is 5.02 Å². The number of carboxylic acids is 1. The van der Waals surface area contributed by atoms with E-state index in [0.717, 1.165) is 29.8 Å². The molecule has 4 aromatic rings. The van der Waals surface area contributed by atoms with Gasteiger partial charge >= 0.3 is 12.1 Å². The Hall–Kier alpha value is -6.48. The van der Waals surface area contributed by atoms with Crippen LogP contribution >= 0.6 is 11.6 Å². The number of amides is 5. The standard InChI is InChI=1S/C43H41ClF3N5O7/c1-25(28-14-16-30(17-15-28)43(45,46)47)38-41(57)50-34(24-29-9-5-6-10-32(29)44)40(56)51-35(42(58)59)23-27-11-18-31(19-12-27)48-36(53)21-22-37(54)49-33(39(55)52-38)20-13-26-7-3-2-4-8-26/h2-12,14-19,33-35,38H,1,13,20-24H2,(H,48,53)(H,49,54)(H,50,57)(H,51,56)(H,52,55)(H,58,59)/t33-,34?,35+,38+/m1/s1. The molecule has 0 saturated heterocycles. The summed E-state index contributed by atoms with van der Waals surface area (Å²) in [7, 11) is 0. The molecule has 2 bridgehead atoms. The van der Waals surface area contributed by atoms with Gasteiger partial charge in [-0.2, -0.15) is 13.2 Å². The maximum absolute atomic E-state index is 14.4. The Morgan fingerprint density at radius 2 is 1.36 bits per heavy atom. The monoisotopic (exact) mass is 831 g/mol. The molecule has 0 aliphatic carbocycles. The molecule has 1 unspecified atom stereocenters. The van der Waals surface area contributed by atoms with Crippen molar-refractivity contribution in [2.45, 2.75) is 68.9 Å². The molecule has 2 heterocycles. The van der Waals surface area contributed by atoms with E-state index in [9.17, 15) is 47.0 Å². The van der Waals surface area contributed by atoms with E-state index in [2.05, 4.69) is 33.2 Å². The minimum atomic E-state index is -4.68. The Morgan fingerprint density at radius 3 is 2.00 bits per heavy atom. The Morgan fingerprint density at radius 1 is 0.729 bits per heavy atom. The molecule has 12 nitrogen and oxygen atoms in total. The maximum Gasteiger partial charge on any atom is 0.416 e. The minimum absolute atomic E-state index is 0.0232. The largest absolute Gasteiger partial charge is 0.480 e. The van der Waals surface area contributed by atoms with Crippen molar-refractivity contribution >= 4 is 58.4 Å². The Balaban J connectivity index is 1.55. The van der Waals surface area contributed by atoms with Crippen LogP contribution < -0.4 is 26.6 Å². The van der Waals surface area contributed by atoms with E-state index in [1.807, 2.05) is 12.1 Å². The van der Waals surface area contributed by atoms with Crippen molar-refractivity contribution in [2.75, 3.05) is 5.32 Å². The van der Waals surface area contributed by atoms with Gasteiger partial charge < -0.3 is 31.7 Å². The summed E-state index contributed by atoms with van der Waals surface area (Å²) in [6, 6.07) is 19.3. The average Bonchev–Trinajstić information content (AvgIpc) is 3.21. The van der Waals surface area contributed by atoms with Gasteiger partial charge in [0.1, 0.15) is 24.2 Å². The topological polar surface area (TPSA) is 183 Å². The van der Waals surface area contributed by atoms with Gasteiger partial charge in [-0.3, -0.25) is 24.0 Å². The van der Waals surface area contributed by atoms with Gasteiger partial charge in [-0.1, -0.05) is 91.0 Å². The molecule has 308 valence electrons. The van der Waals surface area contributed by atoms with E-state index in [4.69, 9.17) is 11.6 Å². The molecule has 2 aliphatic heterocycles. The number of alkyl halides is 3. The number of hydrogen-bond donors (Lipinski definition) is 6. The van der Waals surface area contributed by atoms with Gasteiger partial charge in [0.25, 0.3) is 0 Å². The molecule has 5 amide bonds. The fraction of sp³-hybridized carbons (Fsp3) is 0.256. The highest BCUT2D eigenvalue weighted by Crippen LogP contribution is 2.30. The van der Waals surface area contributed by atoms with Crippen molar-refractivity contribution < 1.29 is 47.0 Å². The average molecular weight is 832 g/mol. The van der Waals surface area contributed by atoms with Crippen LogP contribution in [0.1, 0.15) is 47.1 Å². The Bertz CT molecular complexity index is 2180. The molecule has 6 N–H and O–H groups in total. The van der Waals surface area contributed by atoms with E-state index in [1.54, 1.807) is 54.6 Å². The summed E-state index contributed by atoms with van der Waals surface area (Å²) < 4.78 is 40.4. The van der Waals surface area contributed by atoms with Gasteiger partial charge in [-0.15, -0.1) is 0 Å². The molecule has 59 heavy (non-hydrogen) atoms. The quantitative estimate of drug-likeness (QED) is 0.131. The minimum Gasteiger partial charge on any atom is -0.480 e. The van der Waals surface area contributed by atoms with E-state index in [-0.39, 0.29) is 54.7 Å². The molecule has 4 atom stereocenters. The summed E-state index contributed by atoms with van der Waals surface area (Å²) >= 11 is 6.43. The van der Waals surface area contributed by atoms with Gasteiger partial charge in [-0.25, -0.2) is 4.79 Å². The van der Waals surface area contributed by atoms with Crippen molar-refractivity contribution in [1.82, 2.24) is 21.3 Å². The molecule has 0 fully saturated rings. The number of aryl methyl sites for hydroxylation is 1. The van der Waals surface area contributed by atoms with Crippen molar-refractivity contribution in [2.24, 2.45) is 0 Å². The van der Waals surface area contributed by atoms with Gasteiger partial charge in [0.2, 0.25) is 29.5 Å². The molecule has 0 saturated carbocycles. The fourth-order valence-corrected chi connectivity index (χ4v) is 6.53. The summed E-state index contributed by atoms with van der Waals surface area (Å²) in [5.41, 5.74) is 0.939. The zero-order valence-corrected chi connectivity index (χ0v) is 32.2. The first kappa shape index (κ1) is 43.6. The van der Waals surface area contributed by atoms with E-state index < -0.39 is 71.4 Å². The number of carboxylic acid groups (broad SMARTS) is 1. The van der Waals surface area contributed by atoms with Crippen LogP contribution in [0, 0.1) is 0 Å². The lowest BCUT2D eigenvalue weighted by molar-refractivity contribution is -0.142. The number of fused-ring (bicyclic) bond motifs is 18. The Kier molecular flexibility index (Phi) is 14.6. The number of hydrogen-bond acceptors (Lipinski definition) is 6. The van der Waals surface area contributed by atoms with Crippen LogP contribution in [0.25, 0.3) is 5.57 Å². The number of halogens is 4. The Labute approximate surface area is 342 Å². The normalized spacial score (nSPS) is 19.9. The zero-order valence-electron chi connectivity index (χ0n) is 31.5. The number of carbonyl (C=O) groups is 6. The molecule has 0 spiro atoms. The second kappa shape index (κ2) is 19.8. The van der Waals surface area contributed by atoms with E-state index in [1.165, 1.54) is 12.1 Å². The second-order valence-corrected chi connectivity index (χ2v) is 14.3. The highest BCUT2D eigenvalue weighted by atomic mass is 35.5.